The van der Waals surface area contributed by atoms with Crippen molar-refractivity contribution in [3.63, 3.8) is 0 Å². The summed E-state index contributed by atoms with van der Waals surface area (Å²) in [5, 5.41) is 44.3. The third-order valence-corrected chi connectivity index (χ3v) is 8.07. The second-order valence-electron chi connectivity index (χ2n) is 11.4. The van der Waals surface area contributed by atoms with Crippen LogP contribution < -0.4 is 21.2 Å². The number of fused-ring (bicyclic) bond motifs is 2. The van der Waals surface area contributed by atoms with Crippen LogP contribution in [0.5, 0.6) is 17.2 Å². The molecule has 3 aromatic rings. The second-order valence-corrected chi connectivity index (χ2v) is 11.4. The normalized spacial score (nSPS) is 18.4. The van der Waals surface area contributed by atoms with E-state index in [4.69, 9.17) is 19.6 Å². The molecule has 0 aliphatic carbocycles. The first-order valence-corrected chi connectivity index (χ1v) is 14.3. The molecule has 11 nitrogen and oxygen atoms in total. The van der Waals surface area contributed by atoms with Gasteiger partial charge in [0.25, 0.3) is 0 Å². The zero-order chi connectivity index (χ0) is 31.8. The topological polar surface area (TPSA) is 185 Å². The number of phenolic OH excluding ortho intramolecular Hbond substituents is 2. The maximum absolute atomic E-state index is 13.4. The van der Waals surface area contributed by atoms with E-state index >= 15 is 0 Å². The molecule has 3 heterocycles. The molecule has 0 amide bonds. The van der Waals surface area contributed by atoms with Crippen LogP contribution in [-0.4, -0.2) is 51.3 Å². The summed E-state index contributed by atoms with van der Waals surface area (Å²) in [6.45, 7) is 4.45. The smallest absolute Gasteiger partial charge is 0.336 e. The maximum atomic E-state index is 13.4. The molecular weight excluding hydrogens is 568 g/mol. The minimum Gasteiger partial charge on any atom is -0.508 e. The number of nitrogens with two attached hydrogens (primary N) is 1. The third-order valence-electron chi connectivity index (χ3n) is 8.07. The molecule has 11 heteroatoms. The van der Waals surface area contributed by atoms with Gasteiger partial charge in [-0.05, 0) is 56.5 Å². The quantitative estimate of drug-likeness (QED) is 0.164. The minimum atomic E-state index is -1.13. The summed E-state index contributed by atoms with van der Waals surface area (Å²) in [5.41, 5.74) is 6.80. The lowest BCUT2D eigenvalue weighted by molar-refractivity contribution is -0.157. The number of dihydropyridines is 1. The van der Waals surface area contributed by atoms with Crippen LogP contribution in [0.4, 0.5) is 0 Å². The Morgan fingerprint density at radius 3 is 2.68 bits per heavy atom. The third kappa shape index (κ3) is 5.76. The molecule has 0 saturated carbocycles. The van der Waals surface area contributed by atoms with Crippen LogP contribution in [0.15, 0.2) is 74.7 Å². The van der Waals surface area contributed by atoms with Gasteiger partial charge < -0.3 is 45.4 Å². The molecule has 1 aromatic heterocycles. The predicted octanol–water partition coefficient (Wildman–Crippen LogP) is 2.92. The molecule has 0 saturated heterocycles. The van der Waals surface area contributed by atoms with Crippen LogP contribution >= 0.6 is 0 Å². The predicted molar refractivity (Wildman–Crippen MR) is 162 cm³/mol. The number of benzene rings is 2. The van der Waals surface area contributed by atoms with E-state index in [-0.39, 0.29) is 51.5 Å². The summed E-state index contributed by atoms with van der Waals surface area (Å²) < 4.78 is 18.5. The Labute approximate surface area is 253 Å². The molecule has 0 fully saturated rings. The fourth-order valence-electron chi connectivity index (χ4n) is 5.73. The summed E-state index contributed by atoms with van der Waals surface area (Å²) in [6, 6.07) is 7.89. The van der Waals surface area contributed by atoms with Gasteiger partial charge in [-0.2, -0.15) is 0 Å². The average Bonchev–Trinajstić information content (AvgIpc) is 2.97. The second kappa shape index (κ2) is 12.1. The van der Waals surface area contributed by atoms with E-state index in [1.165, 1.54) is 6.08 Å². The van der Waals surface area contributed by atoms with E-state index < -0.39 is 42.2 Å². The SMILES string of the molecule is CC=C(CO)C(=O)OC1Cc2c(c(C(Cc3cccc(O)c3)C3=CCNC(N)=C3)c3oc(CO)cc(=O)c3c2O)OC1(C)C. The molecule has 2 aliphatic heterocycles. The maximum Gasteiger partial charge on any atom is 0.336 e. The Hall–Kier alpha value is -4.74. The summed E-state index contributed by atoms with van der Waals surface area (Å²) in [6.07, 6.45) is 4.56. The molecule has 2 unspecified atom stereocenters. The highest BCUT2D eigenvalue weighted by atomic mass is 16.6. The van der Waals surface area contributed by atoms with Gasteiger partial charge in [0.15, 0.2) is 5.43 Å². The molecule has 0 bridgehead atoms. The van der Waals surface area contributed by atoms with Gasteiger partial charge in [-0.1, -0.05) is 24.3 Å². The van der Waals surface area contributed by atoms with Gasteiger partial charge >= 0.3 is 5.97 Å². The Bertz CT molecular complexity index is 1770. The number of aromatic hydroxyl groups is 2. The number of nitrogens with one attached hydrogen (secondary N) is 1. The van der Waals surface area contributed by atoms with Gasteiger partial charge in [-0.3, -0.25) is 4.79 Å². The summed E-state index contributed by atoms with van der Waals surface area (Å²) in [7, 11) is 0. The number of hydrogen-bond donors (Lipinski definition) is 6. The number of aliphatic hydroxyl groups is 2. The first-order chi connectivity index (χ1) is 21.0. The molecule has 0 spiro atoms. The van der Waals surface area contributed by atoms with Crippen LogP contribution in [0.25, 0.3) is 11.0 Å². The van der Waals surface area contributed by atoms with Crippen LogP contribution in [0.2, 0.25) is 0 Å². The number of hydrogen-bond acceptors (Lipinski definition) is 11. The van der Waals surface area contributed by atoms with E-state index in [1.807, 2.05) is 12.1 Å². The van der Waals surface area contributed by atoms with Crippen molar-refractivity contribution in [3.8, 4) is 17.2 Å². The zero-order valence-electron chi connectivity index (χ0n) is 24.7. The fourth-order valence-corrected chi connectivity index (χ4v) is 5.73. The van der Waals surface area contributed by atoms with Crippen molar-refractivity contribution in [1.29, 1.82) is 0 Å². The van der Waals surface area contributed by atoms with Gasteiger partial charge in [-0.15, -0.1) is 0 Å². The van der Waals surface area contributed by atoms with Crippen molar-refractivity contribution < 1.29 is 39.1 Å². The van der Waals surface area contributed by atoms with Gasteiger partial charge in [-0.25, -0.2) is 4.79 Å². The van der Waals surface area contributed by atoms with Crippen molar-refractivity contribution in [2.24, 2.45) is 5.73 Å². The van der Waals surface area contributed by atoms with Gasteiger partial charge in [0, 0.05) is 36.1 Å². The fraction of sp³-hybridized carbons (Fsp3) is 0.333. The van der Waals surface area contributed by atoms with Crippen LogP contribution in [0, 0.1) is 0 Å². The highest BCUT2D eigenvalue weighted by molar-refractivity contribution is 5.92. The standard InChI is InChI=1S/C33H36N2O9/c1-4-18(15-36)32(41)43-25-14-23-29(40)28-24(39)13-21(16-37)42-31(28)27(30(23)44-33(25,2)3)22(19-8-9-35-26(34)12-19)11-17-6-5-7-20(38)10-17/h4-8,10,12-13,22,25,35-38,40H,9,11,14-16,34H2,1-3H3. The molecule has 232 valence electrons. The molecule has 7 N–H and O–H groups in total. The Balaban J connectivity index is 1.79. The monoisotopic (exact) mass is 604 g/mol. The van der Waals surface area contributed by atoms with E-state index in [9.17, 15) is 30.0 Å². The van der Waals surface area contributed by atoms with Gasteiger partial charge in [0.1, 0.15) is 52.3 Å². The van der Waals surface area contributed by atoms with Crippen molar-refractivity contribution in [1.82, 2.24) is 5.32 Å². The van der Waals surface area contributed by atoms with Crippen LogP contribution in [0.3, 0.4) is 0 Å². The van der Waals surface area contributed by atoms with E-state index in [0.29, 0.717) is 24.4 Å². The number of carbonyl (C=O) groups is 1. The number of phenols is 2. The van der Waals surface area contributed by atoms with Crippen LogP contribution in [-0.2, 0) is 29.0 Å². The number of carbonyl (C=O) groups excluding carboxylic acids is 1. The first kappa shape index (κ1) is 30.7. The number of allylic oxidation sites excluding steroid dienone is 3. The Kier molecular flexibility index (Phi) is 8.44. The number of esters is 1. The van der Waals surface area contributed by atoms with E-state index in [2.05, 4.69) is 5.32 Å². The molecular formula is C33H36N2O9. The summed E-state index contributed by atoms with van der Waals surface area (Å²) >= 11 is 0. The highest BCUT2D eigenvalue weighted by Gasteiger charge is 2.44. The van der Waals surface area contributed by atoms with Gasteiger partial charge in [0.2, 0.25) is 0 Å². The number of aliphatic hydroxyl groups excluding tert-OH is 2. The lowest BCUT2D eigenvalue weighted by Gasteiger charge is -2.41. The van der Waals surface area contributed by atoms with Crippen molar-refractivity contribution >= 4 is 16.9 Å². The molecule has 0 radical (unpaired) electrons. The van der Waals surface area contributed by atoms with Crippen LogP contribution in [0.1, 0.15) is 49.1 Å². The van der Waals surface area contributed by atoms with E-state index in [1.54, 1.807) is 45.0 Å². The van der Waals surface area contributed by atoms with Gasteiger partial charge in [0.05, 0.1) is 18.0 Å². The number of rotatable bonds is 8. The lowest BCUT2D eigenvalue weighted by atomic mass is 9.79. The van der Waals surface area contributed by atoms with Crippen molar-refractivity contribution in [3.05, 3.63) is 98.2 Å². The minimum absolute atomic E-state index is 0.00156. The Morgan fingerprint density at radius 1 is 1.25 bits per heavy atom. The molecule has 2 aromatic carbocycles. The largest absolute Gasteiger partial charge is 0.508 e. The molecule has 2 atom stereocenters. The van der Waals surface area contributed by atoms with Crippen molar-refractivity contribution in [2.45, 2.75) is 57.8 Å². The van der Waals surface area contributed by atoms with E-state index in [0.717, 1.165) is 17.2 Å². The lowest BCUT2D eigenvalue weighted by Crippen LogP contribution is -2.49. The Morgan fingerprint density at radius 2 is 2.02 bits per heavy atom. The number of ether oxygens (including phenoxy) is 2. The molecule has 44 heavy (non-hydrogen) atoms. The first-order valence-electron chi connectivity index (χ1n) is 14.3. The summed E-state index contributed by atoms with van der Waals surface area (Å²) in [4.78, 5) is 26.3. The highest BCUT2D eigenvalue weighted by Crippen LogP contribution is 2.50. The molecule has 2 aliphatic rings. The summed E-state index contributed by atoms with van der Waals surface area (Å²) in [5.74, 6) is -0.927. The average molecular weight is 605 g/mol. The zero-order valence-corrected chi connectivity index (χ0v) is 24.7. The van der Waals surface area contributed by atoms with Crippen molar-refractivity contribution in [2.75, 3.05) is 13.2 Å². The molecule has 5 rings (SSSR count).